The third-order valence-corrected chi connectivity index (χ3v) is 5.86. The molecule has 0 radical (unpaired) electrons. The Morgan fingerprint density at radius 1 is 1.16 bits per heavy atom. The van der Waals surface area contributed by atoms with Gasteiger partial charge >= 0.3 is 12.3 Å². The number of halogens is 4. The minimum absolute atomic E-state index is 0.0996. The van der Waals surface area contributed by atoms with Crippen molar-refractivity contribution in [2.75, 3.05) is 0 Å². The van der Waals surface area contributed by atoms with E-state index in [1.807, 2.05) is 0 Å². The van der Waals surface area contributed by atoms with Crippen molar-refractivity contribution in [1.29, 1.82) is 0 Å². The normalized spacial score (nSPS) is 14.1. The lowest BCUT2D eigenvalue weighted by Gasteiger charge is -2.27. The van der Waals surface area contributed by atoms with Gasteiger partial charge in [0.2, 0.25) is 0 Å². The number of hydrogen-bond acceptors (Lipinski definition) is 4. The second kappa shape index (κ2) is 9.88. The summed E-state index contributed by atoms with van der Waals surface area (Å²) < 4.78 is 73.8. The highest BCUT2D eigenvalue weighted by Gasteiger charge is 2.38. The van der Waals surface area contributed by atoms with Crippen LogP contribution in [-0.4, -0.2) is 15.4 Å². The molecule has 2 N–H and O–H groups in total. The Hall–Kier alpha value is -2.30. The van der Waals surface area contributed by atoms with Gasteiger partial charge in [0.1, 0.15) is 16.3 Å². The van der Waals surface area contributed by atoms with Gasteiger partial charge < -0.3 is 14.6 Å². The number of nitrogens with one attached hydrogen (secondary N) is 2. The Bertz CT molecular complexity index is 902. The van der Waals surface area contributed by atoms with E-state index in [2.05, 4.69) is 10.0 Å². The highest BCUT2D eigenvalue weighted by atomic mass is 32.2. The highest BCUT2D eigenvalue weighted by molar-refractivity contribution is 7.90. The minimum Gasteiger partial charge on any atom is -0.598 e. The van der Waals surface area contributed by atoms with Crippen molar-refractivity contribution >= 4 is 17.5 Å². The van der Waals surface area contributed by atoms with Crippen molar-refractivity contribution in [3.05, 3.63) is 65.0 Å². The van der Waals surface area contributed by atoms with Gasteiger partial charge in [-0.1, -0.05) is 30.3 Å². The van der Waals surface area contributed by atoms with Crippen molar-refractivity contribution < 1.29 is 31.6 Å². The van der Waals surface area contributed by atoms with Gasteiger partial charge in [0, 0.05) is 23.5 Å². The average Bonchev–Trinajstić information content (AvgIpc) is 2.66. The molecule has 2 atom stereocenters. The largest absolute Gasteiger partial charge is 0.598 e. The number of carbonyl (C=O) groups excluding carboxylic acids is 1. The Kier molecular flexibility index (Phi) is 7.96. The first kappa shape index (κ1) is 25.0. The third-order valence-electron chi connectivity index (χ3n) is 4.18. The van der Waals surface area contributed by atoms with Crippen LogP contribution in [0.15, 0.2) is 42.5 Å². The van der Waals surface area contributed by atoms with Gasteiger partial charge in [-0.3, -0.25) is 0 Å². The molecule has 10 heteroatoms. The van der Waals surface area contributed by atoms with Crippen molar-refractivity contribution in [3.8, 4) is 5.75 Å². The molecule has 0 aliphatic heterocycles. The molecule has 0 aliphatic carbocycles. The first-order valence-corrected chi connectivity index (χ1v) is 10.5. The van der Waals surface area contributed by atoms with Crippen LogP contribution in [0.3, 0.4) is 0 Å². The van der Waals surface area contributed by atoms with Gasteiger partial charge in [0.25, 0.3) is 0 Å². The monoisotopic (exact) mass is 460 g/mol. The second-order valence-corrected chi connectivity index (χ2v) is 9.82. The molecule has 2 rings (SSSR count). The van der Waals surface area contributed by atoms with Crippen molar-refractivity contribution in [2.24, 2.45) is 0 Å². The highest BCUT2D eigenvalue weighted by Crippen LogP contribution is 2.37. The van der Waals surface area contributed by atoms with Gasteiger partial charge in [0.15, 0.2) is 0 Å². The summed E-state index contributed by atoms with van der Waals surface area (Å²) in [5, 5.41) is 2.42. The first-order valence-electron chi connectivity index (χ1n) is 9.37. The maximum atomic E-state index is 14.6. The van der Waals surface area contributed by atoms with Crippen LogP contribution in [0.1, 0.15) is 50.4 Å². The molecular weight excluding hydrogens is 436 g/mol. The molecule has 1 amide bonds. The van der Waals surface area contributed by atoms with Crippen LogP contribution in [0.5, 0.6) is 5.75 Å². The van der Waals surface area contributed by atoms with Gasteiger partial charge in [-0.25, -0.2) is 9.18 Å². The fraction of sp³-hybridized carbons (Fsp3) is 0.381. The van der Waals surface area contributed by atoms with Crippen molar-refractivity contribution in [2.45, 2.75) is 51.2 Å². The van der Waals surface area contributed by atoms with Gasteiger partial charge in [-0.05, 0) is 45.4 Å². The van der Waals surface area contributed by atoms with E-state index >= 15 is 0 Å². The molecule has 31 heavy (non-hydrogen) atoms. The maximum Gasteiger partial charge on any atom is 0.419 e. The number of benzene rings is 2. The SMILES string of the molecule is C[C@@H](N[S@+]([O-])C(C)(C)C)c1cc(OC(=O)NCc2ccccc2)cc(C(F)(F)F)c1F. The van der Waals surface area contributed by atoms with E-state index < -0.39 is 57.1 Å². The summed E-state index contributed by atoms with van der Waals surface area (Å²) >= 11 is -1.66. The maximum absolute atomic E-state index is 14.6. The molecular formula is C21H24F4N2O3S. The minimum atomic E-state index is -5.01. The van der Waals surface area contributed by atoms with Gasteiger partial charge in [-0.15, -0.1) is 4.72 Å². The van der Waals surface area contributed by atoms with Crippen LogP contribution in [0.25, 0.3) is 0 Å². The molecule has 0 heterocycles. The molecule has 5 nitrogen and oxygen atoms in total. The Morgan fingerprint density at radius 3 is 2.32 bits per heavy atom. The fourth-order valence-electron chi connectivity index (χ4n) is 2.51. The Labute approximate surface area is 181 Å². The lowest BCUT2D eigenvalue weighted by Crippen LogP contribution is -2.40. The van der Waals surface area contributed by atoms with Crippen LogP contribution in [0, 0.1) is 5.82 Å². The van der Waals surface area contributed by atoms with E-state index in [-0.39, 0.29) is 6.54 Å². The summed E-state index contributed by atoms with van der Waals surface area (Å²) in [5.74, 6) is -2.00. The lowest BCUT2D eigenvalue weighted by molar-refractivity contribution is -0.140. The summed E-state index contributed by atoms with van der Waals surface area (Å²) in [6.07, 6.45) is -6.00. The number of ether oxygens (including phenoxy) is 1. The van der Waals surface area contributed by atoms with Gasteiger partial charge in [0.05, 0.1) is 11.6 Å². The van der Waals surface area contributed by atoms with E-state index in [9.17, 15) is 26.9 Å². The molecule has 0 spiro atoms. The van der Waals surface area contributed by atoms with Crippen LogP contribution in [0.4, 0.5) is 22.4 Å². The van der Waals surface area contributed by atoms with E-state index in [4.69, 9.17) is 4.74 Å². The van der Waals surface area contributed by atoms with Crippen LogP contribution < -0.4 is 14.8 Å². The zero-order valence-corrected chi connectivity index (χ0v) is 18.3. The summed E-state index contributed by atoms with van der Waals surface area (Å²) in [6.45, 7) is 6.47. The number of rotatable bonds is 6. The number of alkyl halides is 3. The van der Waals surface area contributed by atoms with E-state index in [0.29, 0.717) is 6.07 Å². The predicted molar refractivity (Wildman–Crippen MR) is 110 cm³/mol. The topological polar surface area (TPSA) is 73.4 Å². The predicted octanol–water partition coefficient (Wildman–Crippen LogP) is 5.25. The molecule has 0 aromatic heterocycles. The van der Waals surface area contributed by atoms with E-state index in [1.54, 1.807) is 51.1 Å². The summed E-state index contributed by atoms with van der Waals surface area (Å²) in [6, 6.07) is 9.19. The number of carbonyl (C=O) groups is 1. The summed E-state index contributed by atoms with van der Waals surface area (Å²) in [5.41, 5.74) is -1.23. The Morgan fingerprint density at radius 2 is 1.77 bits per heavy atom. The number of amides is 1. The zero-order chi connectivity index (χ0) is 23.4. The third kappa shape index (κ3) is 7.12. The molecule has 0 bridgehead atoms. The lowest BCUT2D eigenvalue weighted by atomic mass is 10.0. The van der Waals surface area contributed by atoms with Crippen LogP contribution >= 0.6 is 0 Å². The van der Waals surface area contributed by atoms with Crippen LogP contribution in [0.2, 0.25) is 0 Å². The molecule has 2 aromatic rings. The molecule has 0 unspecified atom stereocenters. The molecule has 0 aliphatic rings. The molecule has 170 valence electrons. The second-order valence-electron chi connectivity index (χ2n) is 7.82. The quantitative estimate of drug-likeness (QED) is 0.456. The molecule has 0 fully saturated rings. The molecule has 2 aromatic carbocycles. The van der Waals surface area contributed by atoms with Crippen molar-refractivity contribution in [3.63, 3.8) is 0 Å². The van der Waals surface area contributed by atoms with Crippen molar-refractivity contribution in [1.82, 2.24) is 10.0 Å². The number of hydrogen-bond donors (Lipinski definition) is 2. The molecule has 0 saturated heterocycles. The molecule has 0 saturated carbocycles. The van der Waals surface area contributed by atoms with Gasteiger partial charge in [-0.2, -0.15) is 13.2 Å². The average molecular weight is 460 g/mol. The van der Waals surface area contributed by atoms with Crippen LogP contribution in [-0.2, 0) is 24.1 Å². The fourth-order valence-corrected chi connectivity index (χ4v) is 3.32. The van der Waals surface area contributed by atoms with E-state index in [0.717, 1.165) is 11.6 Å². The zero-order valence-electron chi connectivity index (χ0n) is 17.5. The summed E-state index contributed by atoms with van der Waals surface area (Å²) in [7, 11) is 0. The summed E-state index contributed by atoms with van der Waals surface area (Å²) in [4.78, 5) is 12.0. The Balaban J connectivity index is 2.26. The first-order chi connectivity index (χ1) is 14.3. The van der Waals surface area contributed by atoms with E-state index in [1.165, 1.54) is 6.92 Å². The smallest absolute Gasteiger partial charge is 0.419 e. The standard InChI is InChI=1S/C21H24F4N2O3S/c1-13(27-31(29)20(2,3)4)16-10-15(11-17(18(16)22)21(23,24)25)30-19(28)26-12-14-8-6-5-7-9-14/h5-11,13,27H,12H2,1-4H3,(H,26,28)/t13-,31-/m1/s1.